The number of anilines is 1. The van der Waals surface area contributed by atoms with Crippen LogP contribution in [0.4, 0.5) is 5.69 Å². The van der Waals surface area contributed by atoms with Gasteiger partial charge in [0.15, 0.2) is 0 Å². The minimum Gasteiger partial charge on any atom is -0.620 e. The standard InChI is InChI=1S/C25H25BrN4O/c1-19-9-11-20(12-10-19)24-17-29(23-15-13-22(26)14-16-23)25(30(24)31,27-18-28(2)3)21-7-5-4-6-8-21/h4-16,18H,17H2,1-3H3/b27-18+. The molecule has 0 aliphatic carbocycles. The SMILES string of the molecule is Cc1ccc(C2=[N+]([O-])C(/N=C/N(C)C)(c3ccccc3)N(c3ccc(Br)cc3)C2)cc1. The summed E-state index contributed by atoms with van der Waals surface area (Å²) in [5.74, 6) is -1.25. The molecule has 3 aromatic carbocycles. The van der Waals surface area contributed by atoms with Crippen molar-refractivity contribution in [1.82, 2.24) is 4.90 Å². The Hall–Kier alpha value is -3.12. The van der Waals surface area contributed by atoms with Gasteiger partial charge in [0.1, 0.15) is 6.54 Å². The van der Waals surface area contributed by atoms with E-state index in [0.717, 1.165) is 31.6 Å². The van der Waals surface area contributed by atoms with E-state index in [2.05, 4.69) is 20.8 Å². The predicted octanol–water partition coefficient (Wildman–Crippen LogP) is 4.98. The van der Waals surface area contributed by atoms with Crippen LogP contribution in [-0.2, 0) is 5.79 Å². The molecule has 0 saturated carbocycles. The molecular formula is C25H25BrN4O. The average molecular weight is 477 g/mol. The van der Waals surface area contributed by atoms with Gasteiger partial charge >= 0.3 is 5.79 Å². The van der Waals surface area contributed by atoms with Crippen molar-refractivity contribution in [1.29, 1.82) is 0 Å². The summed E-state index contributed by atoms with van der Waals surface area (Å²) in [6.07, 6.45) is 1.71. The van der Waals surface area contributed by atoms with Crippen molar-refractivity contribution in [2.75, 3.05) is 25.5 Å². The van der Waals surface area contributed by atoms with E-state index in [9.17, 15) is 5.21 Å². The quantitative estimate of drug-likeness (QED) is 0.226. The van der Waals surface area contributed by atoms with E-state index < -0.39 is 5.79 Å². The molecular weight excluding hydrogens is 452 g/mol. The molecule has 0 aromatic heterocycles. The van der Waals surface area contributed by atoms with Gasteiger partial charge in [-0.1, -0.05) is 51.8 Å². The second kappa shape index (κ2) is 8.55. The topological polar surface area (TPSA) is 44.9 Å². The Kier molecular flexibility index (Phi) is 5.83. The van der Waals surface area contributed by atoms with E-state index >= 15 is 0 Å². The Balaban J connectivity index is 1.97. The highest BCUT2D eigenvalue weighted by Crippen LogP contribution is 2.40. The first-order chi connectivity index (χ1) is 14.9. The smallest absolute Gasteiger partial charge is 0.378 e. The van der Waals surface area contributed by atoms with Crippen LogP contribution in [-0.4, -0.2) is 42.3 Å². The lowest BCUT2D eigenvalue weighted by Crippen LogP contribution is -2.47. The molecule has 1 aliphatic rings. The summed E-state index contributed by atoms with van der Waals surface area (Å²) in [7, 11) is 3.81. The van der Waals surface area contributed by atoms with E-state index in [4.69, 9.17) is 4.99 Å². The van der Waals surface area contributed by atoms with Crippen molar-refractivity contribution in [2.24, 2.45) is 4.99 Å². The number of hydrogen-bond donors (Lipinski definition) is 0. The fraction of sp³-hybridized carbons (Fsp3) is 0.200. The third kappa shape index (κ3) is 3.95. The zero-order chi connectivity index (χ0) is 22.0. The van der Waals surface area contributed by atoms with E-state index in [1.54, 1.807) is 6.34 Å². The minimum atomic E-state index is -1.25. The Labute approximate surface area is 191 Å². The fourth-order valence-electron chi connectivity index (χ4n) is 3.80. The Morgan fingerprint density at radius 2 is 1.65 bits per heavy atom. The molecule has 5 nitrogen and oxygen atoms in total. The summed E-state index contributed by atoms with van der Waals surface area (Å²) in [4.78, 5) is 8.80. The van der Waals surface area contributed by atoms with Gasteiger partial charge in [0.2, 0.25) is 5.71 Å². The molecule has 1 heterocycles. The summed E-state index contributed by atoms with van der Waals surface area (Å²) in [6.45, 7) is 2.48. The molecule has 31 heavy (non-hydrogen) atoms. The second-order valence-electron chi connectivity index (χ2n) is 7.88. The normalized spacial score (nSPS) is 18.8. The number of hydroxylamine groups is 1. The Bertz CT molecular complexity index is 1110. The molecule has 0 saturated heterocycles. The van der Waals surface area contributed by atoms with Gasteiger partial charge in [-0.25, -0.2) is 0 Å². The number of aryl methyl sites for hydroxylation is 1. The summed E-state index contributed by atoms with van der Waals surface area (Å²) in [6, 6.07) is 25.8. The maximum atomic E-state index is 14.1. The predicted molar refractivity (Wildman–Crippen MR) is 131 cm³/mol. The van der Waals surface area contributed by atoms with Crippen molar-refractivity contribution in [3.05, 3.63) is 105 Å². The van der Waals surface area contributed by atoms with Gasteiger partial charge in [-0.05, 0) is 55.5 Å². The Morgan fingerprint density at radius 3 is 2.26 bits per heavy atom. The molecule has 4 rings (SSSR count). The molecule has 1 unspecified atom stereocenters. The first-order valence-electron chi connectivity index (χ1n) is 10.1. The van der Waals surface area contributed by atoms with E-state index in [1.807, 2.05) is 105 Å². The summed E-state index contributed by atoms with van der Waals surface area (Å²) in [5, 5.41) is 14.1. The van der Waals surface area contributed by atoms with Gasteiger partial charge in [0, 0.05) is 29.8 Å². The number of halogens is 1. The molecule has 6 heteroatoms. The molecule has 158 valence electrons. The van der Waals surface area contributed by atoms with E-state index in [1.165, 1.54) is 0 Å². The van der Waals surface area contributed by atoms with E-state index in [0.29, 0.717) is 12.3 Å². The largest absolute Gasteiger partial charge is 0.620 e. The first kappa shape index (κ1) is 21.1. The Morgan fingerprint density at radius 1 is 1.00 bits per heavy atom. The van der Waals surface area contributed by atoms with Crippen molar-refractivity contribution < 1.29 is 4.74 Å². The maximum absolute atomic E-state index is 14.1. The maximum Gasteiger partial charge on any atom is 0.378 e. The van der Waals surface area contributed by atoms with Crippen LogP contribution in [0.5, 0.6) is 0 Å². The lowest BCUT2D eigenvalue weighted by Gasteiger charge is -2.33. The van der Waals surface area contributed by atoms with Crippen LogP contribution in [0, 0.1) is 12.1 Å². The average Bonchev–Trinajstić information content (AvgIpc) is 3.07. The van der Waals surface area contributed by atoms with Gasteiger partial charge < -0.3 is 10.1 Å². The van der Waals surface area contributed by atoms with Gasteiger partial charge in [-0.15, -0.1) is 0 Å². The molecule has 0 bridgehead atoms. The lowest BCUT2D eigenvalue weighted by atomic mass is 10.1. The zero-order valence-electron chi connectivity index (χ0n) is 17.9. The van der Waals surface area contributed by atoms with Crippen LogP contribution < -0.4 is 4.90 Å². The number of hydrogen-bond acceptors (Lipinski definition) is 3. The monoisotopic (exact) mass is 476 g/mol. The van der Waals surface area contributed by atoms with Crippen LogP contribution in [0.15, 0.2) is 88.3 Å². The highest BCUT2D eigenvalue weighted by atomic mass is 79.9. The van der Waals surface area contributed by atoms with Crippen molar-refractivity contribution in [2.45, 2.75) is 12.7 Å². The highest BCUT2D eigenvalue weighted by molar-refractivity contribution is 9.10. The first-order valence-corrected chi connectivity index (χ1v) is 10.9. The van der Waals surface area contributed by atoms with Crippen LogP contribution in [0.3, 0.4) is 0 Å². The van der Waals surface area contributed by atoms with Crippen molar-refractivity contribution in [3.63, 3.8) is 0 Å². The van der Waals surface area contributed by atoms with Gasteiger partial charge in [0.25, 0.3) is 0 Å². The fourth-order valence-corrected chi connectivity index (χ4v) is 4.06. The highest BCUT2D eigenvalue weighted by Gasteiger charge is 2.54. The lowest BCUT2D eigenvalue weighted by molar-refractivity contribution is -0.547. The number of rotatable bonds is 5. The minimum absolute atomic E-state index is 0.438. The van der Waals surface area contributed by atoms with Crippen molar-refractivity contribution >= 4 is 33.7 Å². The molecule has 1 atom stereocenters. The number of nitrogens with zero attached hydrogens (tertiary/aromatic N) is 4. The van der Waals surface area contributed by atoms with Crippen LogP contribution in [0.2, 0.25) is 0 Å². The third-order valence-electron chi connectivity index (χ3n) is 5.37. The van der Waals surface area contributed by atoms with Gasteiger partial charge in [0.05, 0.1) is 11.9 Å². The molecule has 1 aliphatic heterocycles. The summed E-state index contributed by atoms with van der Waals surface area (Å²) >= 11 is 3.51. The third-order valence-corrected chi connectivity index (χ3v) is 5.89. The molecule has 3 aromatic rings. The van der Waals surface area contributed by atoms with Crippen LogP contribution in [0.25, 0.3) is 0 Å². The molecule has 0 N–H and O–H groups in total. The number of aliphatic imine (C=N–C) groups is 1. The second-order valence-corrected chi connectivity index (χ2v) is 8.79. The zero-order valence-corrected chi connectivity index (χ0v) is 19.5. The molecule has 0 fully saturated rings. The van der Waals surface area contributed by atoms with Gasteiger partial charge in [-0.2, -0.15) is 9.73 Å². The summed E-state index contributed by atoms with van der Waals surface area (Å²) in [5.41, 5.74) is 4.48. The molecule has 0 amide bonds. The number of benzene rings is 3. The summed E-state index contributed by atoms with van der Waals surface area (Å²) < 4.78 is 2.05. The molecule has 0 radical (unpaired) electrons. The van der Waals surface area contributed by atoms with Crippen molar-refractivity contribution in [3.8, 4) is 0 Å². The van der Waals surface area contributed by atoms with E-state index in [-0.39, 0.29) is 0 Å². The van der Waals surface area contributed by atoms with Crippen LogP contribution >= 0.6 is 15.9 Å². The molecule has 0 spiro atoms. The van der Waals surface area contributed by atoms with Crippen LogP contribution in [0.1, 0.15) is 16.7 Å². The van der Waals surface area contributed by atoms with Gasteiger partial charge in [-0.3, -0.25) is 4.90 Å².